The zero-order valence-corrected chi connectivity index (χ0v) is 9.97. The summed E-state index contributed by atoms with van der Waals surface area (Å²) in [7, 11) is 0. The lowest BCUT2D eigenvalue weighted by Gasteiger charge is -2.29. The van der Waals surface area contributed by atoms with Crippen LogP contribution in [-0.4, -0.2) is 11.0 Å². The number of hydrogen-bond donors (Lipinski definition) is 2. The lowest BCUT2D eigenvalue weighted by atomic mass is 10.00. The number of benzene rings is 1. The molecule has 0 aromatic heterocycles. The largest absolute Gasteiger partial charge is 0.271 e. The van der Waals surface area contributed by atoms with Gasteiger partial charge in [-0.2, -0.15) is 11.8 Å². The van der Waals surface area contributed by atoms with Crippen LogP contribution in [0.3, 0.4) is 0 Å². The first-order valence-electron chi connectivity index (χ1n) is 5.64. The van der Waals surface area contributed by atoms with E-state index < -0.39 is 0 Å². The Kier molecular flexibility index (Phi) is 4.21. The second-order valence-corrected chi connectivity index (χ2v) is 5.45. The van der Waals surface area contributed by atoms with Crippen LogP contribution < -0.4 is 11.3 Å². The van der Waals surface area contributed by atoms with E-state index in [-0.39, 0.29) is 11.9 Å². The zero-order valence-electron chi connectivity index (χ0n) is 9.16. The SMILES string of the molecule is NNC(c1ccc(F)cc1)C1CCCCS1. The third kappa shape index (κ3) is 2.75. The zero-order chi connectivity index (χ0) is 11.4. The summed E-state index contributed by atoms with van der Waals surface area (Å²) in [6.07, 6.45) is 3.73. The Labute approximate surface area is 99.8 Å². The van der Waals surface area contributed by atoms with E-state index in [1.54, 1.807) is 0 Å². The predicted molar refractivity (Wildman–Crippen MR) is 66.6 cm³/mol. The molecule has 1 aliphatic heterocycles. The number of nitrogens with one attached hydrogen (secondary N) is 1. The minimum atomic E-state index is -0.198. The maximum absolute atomic E-state index is 12.8. The Balaban J connectivity index is 2.11. The van der Waals surface area contributed by atoms with Gasteiger partial charge in [0.1, 0.15) is 5.82 Å². The first-order chi connectivity index (χ1) is 7.81. The van der Waals surface area contributed by atoms with Crippen molar-refractivity contribution in [3.8, 4) is 0 Å². The lowest BCUT2D eigenvalue weighted by Crippen LogP contribution is -2.36. The van der Waals surface area contributed by atoms with Crippen LogP contribution in [0.25, 0.3) is 0 Å². The molecule has 2 nitrogen and oxygen atoms in total. The first-order valence-corrected chi connectivity index (χ1v) is 6.69. The molecule has 0 radical (unpaired) electrons. The van der Waals surface area contributed by atoms with Gasteiger partial charge in [-0.1, -0.05) is 18.6 Å². The van der Waals surface area contributed by atoms with Crippen molar-refractivity contribution in [1.29, 1.82) is 0 Å². The third-order valence-electron chi connectivity index (χ3n) is 3.00. The normalized spacial score (nSPS) is 23.0. The number of nitrogens with two attached hydrogens (primary N) is 1. The summed E-state index contributed by atoms with van der Waals surface area (Å²) >= 11 is 1.96. The van der Waals surface area contributed by atoms with Crippen LogP contribution >= 0.6 is 11.8 Å². The molecule has 3 N–H and O–H groups in total. The van der Waals surface area contributed by atoms with Gasteiger partial charge in [-0.3, -0.25) is 11.3 Å². The Morgan fingerprint density at radius 3 is 2.62 bits per heavy atom. The Bertz CT molecular complexity index is 322. The van der Waals surface area contributed by atoms with Crippen LogP contribution in [0.1, 0.15) is 30.9 Å². The number of hydrazine groups is 1. The summed E-state index contributed by atoms with van der Waals surface area (Å²) < 4.78 is 12.8. The van der Waals surface area contributed by atoms with Crippen molar-refractivity contribution < 1.29 is 4.39 Å². The summed E-state index contributed by atoms with van der Waals surface area (Å²) in [6.45, 7) is 0. The smallest absolute Gasteiger partial charge is 0.123 e. The van der Waals surface area contributed by atoms with Gasteiger partial charge >= 0.3 is 0 Å². The van der Waals surface area contributed by atoms with E-state index in [2.05, 4.69) is 5.43 Å². The van der Waals surface area contributed by atoms with Crippen LogP contribution in [0.4, 0.5) is 4.39 Å². The highest BCUT2D eigenvalue weighted by Crippen LogP contribution is 2.34. The van der Waals surface area contributed by atoms with Gasteiger partial charge in [0.15, 0.2) is 0 Å². The van der Waals surface area contributed by atoms with Crippen LogP contribution in [0.15, 0.2) is 24.3 Å². The maximum Gasteiger partial charge on any atom is 0.123 e. The van der Waals surface area contributed by atoms with E-state index in [1.807, 2.05) is 23.9 Å². The molecule has 1 fully saturated rings. The predicted octanol–water partition coefficient (Wildman–Crippen LogP) is 2.62. The average Bonchev–Trinajstić information content (AvgIpc) is 2.34. The standard InChI is InChI=1S/C12H17FN2S/c13-10-6-4-9(5-7-10)12(15-14)11-3-1-2-8-16-11/h4-7,11-12,15H,1-3,8,14H2. The van der Waals surface area contributed by atoms with Crippen LogP contribution in [-0.2, 0) is 0 Å². The molecule has 2 rings (SSSR count). The van der Waals surface area contributed by atoms with Crippen molar-refractivity contribution in [3.05, 3.63) is 35.6 Å². The number of hydrogen-bond acceptors (Lipinski definition) is 3. The quantitative estimate of drug-likeness (QED) is 0.630. The van der Waals surface area contributed by atoms with Crippen molar-refractivity contribution in [3.63, 3.8) is 0 Å². The minimum absolute atomic E-state index is 0.130. The van der Waals surface area contributed by atoms with Crippen molar-refractivity contribution >= 4 is 11.8 Å². The van der Waals surface area contributed by atoms with E-state index in [9.17, 15) is 4.39 Å². The number of thioether (sulfide) groups is 1. The van der Waals surface area contributed by atoms with Gasteiger partial charge in [0.05, 0.1) is 6.04 Å². The second-order valence-electron chi connectivity index (χ2n) is 4.10. The van der Waals surface area contributed by atoms with Crippen LogP contribution in [0, 0.1) is 5.82 Å². The monoisotopic (exact) mass is 240 g/mol. The Hall–Kier alpha value is -0.580. The molecular weight excluding hydrogens is 223 g/mol. The van der Waals surface area contributed by atoms with Crippen molar-refractivity contribution in [2.45, 2.75) is 30.6 Å². The van der Waals surface area contributed by atoms with E-state index in [0.29, 0.717) is 5.25 Å². The van der Waals surface area contributed by atoms with Crippen LogP contribution in [0.2, 0.25) is 0 Å². The number of rotatable bonds is 3. The molecule has 0 amide bonds. The Morgan fingerprint density at radius 1 is 1.31 bits per heavy atom. The van der Waals surface area contributed by atoms with Gasteiger partial charge in [0, 0.05) is 5.25 Å². The van der Waals surface area contributed by atoms with Crippen molar-refractivity contribution in [2.24, 2.45) is 5.84 Å². The molecule has 2 unspecified atom stereocenters. The fourth-order valence-corrected chi connectivity index (χ4v) is 3.55. The van der Waals surface area contributed by atoms with Gasteiger partial charge in [-0.15, -0.1) is 0 Å². The highest BCUT2D eigenvalue weighted by Gasteiger charge is 2.24. The van der Waals surface area contributed by atoms with Gasteiger partial charge in [-0.25, -0.2) is 4.39 Å². The number of halogens is 1. The lowest BCUT2D eigenvalue weighted by molar-refractivity contribution is 0.491. The molecule has 16 heavy (non-hydrogen) atoms. The topological polar surface area (TPSA) is 38.0 Å². The summed E-state index contributed by atoms with van der Waals surface area (Å²) in [4.78, 5) is 0. The maximum atomic E-state index is 12.8. The van der Waals surface area contributed by atoms with Crippen LogP contribution in [0.5, 0.6) is 0 Å². The van der Waals surface area contributed by atoms with Crippen molar-refractivity contribution in [2.75, 3.05) is 5.75 Å². The molecule has 1 heterocycles. The molecule has 1 saturated heterocycles. The fourth-order valence-electron chi connectivity index (χ4n) is 2.12. The second kappa shape index (κ2) is 5.66. The molecule has 1 aromatic carbocycles. The molecule has 0 aliphatic carbocycles. The van der Waals surface area contributed by atoms with Gasteiger partial charge in [0.2, 0.25) is 0 Å². The molecule has 1 aliphatic rings. The average molecular weight is 240 g/mol. The first kappa shape index (κ1) is 11.9. The summed E-state index contributed by atoms with van der Waals surface area (Å²) in [6, 6.07) is 6.75. The van der Waals surface area contributed by atoms with Gasteiger partial charge in [-0.05, 0) is 36.3 Å². The third-order valence-corrected chi connectivity index (χ3v) is 4.46. The molecular formula is C12H17FN2S. The van der Waals surface area contributed by atoms with E-state index in [0.717, 1.165) is 5.56 Å². The summed E-state index contributed by atoms with van der Waals surface area (Å²) in [5.74, 6) is 6.62. The molecule has 88 valence electrons. The summed E-state index contributed by atoms with van der Waals surface area (Å²) in [5.41, 5.74) is 3.94. The van der Waals surface area contributed by atoms with Gasteiger partial charge < -0.3 is 0 Å². The molecule has 1 aromatic rings. The van der Waals surface area contributed by atoms with E-state index >= 15 is 0 Å². The van der Waals surface area contributed by atoms with Gasteiger partial charge in [0.25, 0.3) is 0 Å². The Morgan fingerprint density at radius 2 is 2.06 bits per heavy atom. The summed E-state index contributed by atoms with van der Waals surface area (Å²) in [5, 5.41) is 0.504. The fraction of sp³-hybridized carbons (Fsp3) is 0.500. The minimum Gasteiger partial charge on any atom is -0.271 e. The molecule has 4 heteroatoms. The van der Waals surface area contributed by atoms with E-state index in [1.165, 1.54) is 37.1 Å². The molecule has 0 bridgehead atoms. The van der Waals surface area contributed by atoms with Crippen molar-refractivity contribution in [1.82, 2.24) is 5.43 Å². The highest BCUT2D eigenvalue weighted by atomic mass is 32.2. The molecule has 0 saturated carbocycles. The van der Waals surface area contributed by atoms with E-state index in [4.69, 9.17) is 5.84 Å². The molecule has 2 atom stereocenters. The molecule has 0 spiro atoms. The highest BCUT2D eigenvalue weighted by molar-refractivity contribution is 8.00.